The highest BCUT2D eigenvalue weighted by atomic mass is 32.2. The van der Waals surface area contributed by atoms with Crippen molar-refractivity contribution in [1.82, 2.24) is 0 Å². The Morgan fingerprint density at radius 1 is 0.453 bits per heavy atom. The van der Waals surface area contributed by atoms with Crippen LogP contribution in [-0.2, 0) is 23.0 Å². The van der Waals surface area contributed by atoms with Crippen LogP contribution >= 0.6 is 0 Å². The maximum atomic E-state index is 13.6. The Labute approximate surface area is 328 Å². The Bertz CT molecular complexity index is 1240. The predicted molar refractivity (Wildman–Crippen MR) is 229 cm³/mol. The molecular weight excluding hydrogens is 673 g/mol. The van der Waals surface area contributed by atoms with Crippen LogP contribution < -0.4 is 4.18 Å². The van der Waals surface area contributed by atoms with Crippen LogP contribution in [0.4, 0.5) is 0 Å². The Balaban J connectivity index is 1.72. The van der Waals surface area contributed by atoms with Gasteiger partial charge in [-0.3, -0.25) is 0 Å². The molecule has 4 nitrogen and oxygen atoms in total. The summed E-state index contributed by atoms with van der Waals surface area (Å²) in [5, 5.41) is 9.88. The van der Waals surface area contributed by atoms with Crippen LogP contribution in [-0.4, -0.2) is 13.5 Å². The lowest BCUT2D eigenvalue weighted by Gasteiger charge is -2.16. The molecule has 2 rings (SSSR count). The second-order valence-electron chi connectivity index (χ2n) is 16.0. The molecule has 0 aliphatic carbocycles. The normalized spacial score (nSPS) is 11.7. The Morgan fingerprint density at radius 3 is 1.21 bits per heavy atom. The van der Waals surface area contributed by atoms with Gasteiger partial charge in [-0.2, -0.15) is 8.42 Å². The highest BCUT2D eigenvalue weighted by Crippen LogP contribution is 2.29. The van der Waals surface area contributed by atoms with E-state index < -0.39 is 10.1 Å². The second-order valence-corrected chi connectivity index (χ2v) is 17.5. The van der Waals surface area contributed by atoms with Crippen LogP contribution in [0.1, 0.15) is 230 Å². The number of aromatic hydroxyl groups is 1. The Kier molecular flexibility index (Phi) is 28.7. The maximum Gasteiger partial charge on any atom is 0.339 e. The second kappa shape index (κ2) is 32.3. The molecule has 0 amide bonds. The zero-order chi connectivity index (χ0) is 38.1. The summed E-state index contributed by atoms with van der Waals surface area (Å²) in [6.07, 6.45) is 44.4. The summed E-state index contributed by atoms with van der Waals surface area (Å²) < 4.78 is 32.7. The number of aryl methyl sites for hydroxylation is 1. The van der Waals surface area contributed by atoms with Crippen LogP contribution in [0, 0.1) is 0 Å². The van der Waals surface area contributed by atoms with Crippen molar-refractivity contribution in [2.75, 3.05) is 0 Å². The van der Waals surface area contributed by atoms with Gasteiger partial charge in [0.15, 0.2) is 0 Å². The standard InChI is InChI=1S/C48H82O4S/c1-3-5-7-9-11-13-15-17-19-21-23-25-27-29-31-33-37-44-38-35-42-48(53(50,51)52-46-40-36-39-45(49)43-46)47(44)41-34-32-30-28-26-24-22-20-18-16-14-12-10-8-6-4-2/h35-36,38-40,42-43,49H,3-34,37,41H2,1-2H3. The molecule has 0 bridgehead atoms. The number of hydrogen-bond acceptors (Lipinski definition) is 4. The lowest BCUT2D eigenvalue weighted by atomic mass is 9.96. The molecule has 5 heteroatoms. The van der Waals surface area contributed by atoms with Crippen molar-refractivity contribution >= 4 is 10.1 Å². The van der Waals surface area contributed by atoms with Crippen molar-refractivity contribution < 1.29 is 17.7 Å². The van der Waals surface area contributed by atoms with E-state index in [9.17, 15) is 13.5 Å². The minimum atomic E-state index is -4.03. The van der Waals surface area contributed by atoms with Gasteiger partial charge in [-0.25, -0.2) is 0 Å². The minimum Gasteiger partial charge on any atom is -0.508 e. The number of rotatable bonds is 37. The monoisotopic (exact) mass is 755 g/mol. The van der Waals surface area contributed by atoms with Gasteiger partial charge in [0, 0.05) is 6.07 Å². The minimum absolute atomic E-state index is 0.0108. The van der Waals surface area contributed by atoms with E-state index in [-0.39, 0.29) is 16.4 Å². The summed E-state index contributed by atoms with van der Waals surface area (Å²) in [7, 11) is -4.03. The van der Waals surface area contributed by atoms with E-state index in [1.54, 1.807) is 18.2 Å². The third kappa shape index (κ3) is 24.2. The van der Waals surface area contributed by atoms with Crippen molar-refractivity contribution in [3.8, 4) is 11.5 Å². The third-order valence-electron chi connectivity index (χ3n) is 11.1. The van der Waals surface area contributed by atoms with E-state index in [4.69, 9.17) is 4.18 Å². The van der Waals surface area contributed by atoms with Gasteiger partial charge < -0.3 is 9.29 Å². The number of benzene rings is 2. The molecule has 304 valence electrons. The molecule has 53 heavy (non-hydrogen) atoms. The summed E-state index contributed by atoms with van der Waals surface area (Å²) in [5.74, 6) is 0.130. The van der Waals surface area contributed by atoms with Crippen molar-refractivity contribution in [1.29, 1.82) is 0 Å². The van der Waals surface area contributed by atoms with Crippen molar-refractivity contribution in [2.45, 2.75) is 237 Å². The first-order valence-corrected chi connectivity index (χ1v) is 24.2. The summed E-state index contributed by atoms with van der Waals surface area (Å²) in [6, 6.07) is 11.8. The molecule has 0 saturated heterocycles. The first-order chi connectivity index (χ1) is 26.0. The average molecular weight is 755 g/mol. The van der Waals surface area contributed by atoms with Crippen LogP contribution in [0.5, 0.6) is 11.5 Å². The van der Waals surface area contributed by atoms with E-state index in [0.717, 1.165) is 43.2 Å². The van der Waals surface area contributed by atoms with Gasteiger partial charge in [0.05, 0.1) is 0 Å². The highest BCUT2D eigenvalue weighted by Gasteiger charge is 2.23. The first kappa shape index (κ1) is 47.1. The molecule has 0 aliphatic heterocycles. The molecule has 0 heterocycles. The first-order valence-electron chi connectivity index (χ1n) is 22.8. The van der Waals surface area contributed by atoms with Gasteiger partial charge in [0.25, 0.3) is 0 Å². The number of unbranched alkanes of at least 4 members (excludes halogenated alkanes) is 30. The fourth-order valence-electron chi connectivity index (χ4n) is 7.78. The summed E-state index contributed by atoms with van der Waals surface area (Å²) in [6.45, 7) is 4.57. The number of hydrogen-bond donors (Lipinski definition) is 1. The highest BCUT2D eigenvalue weighted by molar-refractivity contribution is 7.87. The molecule has 0 radical (unpaired) electrons. The molecule has 0 fully saturated rings. The van der Waals surface area contributed by atoms with E-state index in [2.05, 4.69) is 19.9 Å². The molecule has 0 aromatic heterocycles. The molecule has 0 aliphatic rings. The van der Waals surface area contributed by atoms with Gasteiger partial charge >= 0.3 is 10.1 Å². The lowest BCUT2D eigenvalue weighted by molar-refractivity contribution is 0.463. The van der Waals surface area contributed by atoms with Crippen LogP contribution in [0.3, 0.4) is 0 Å². The van der Waals surface area contributed by atoms with E-state index in [1.807, 2.05) is 6.07 Å². The maximum absolute atomic E-state index is 13.6. The topological polar surface area (TPSA) is 63.6 Å². The lowest BCUT2D eigenvalue weighted by Crippen LogP contribution is -2.14. The van der Waals surface area contributed by atoms with Crippen LogP contribution in [0.15, 0.2) is 47.4 Å². The zero-order valence-electron chi connectivity index (χ0n) is 34.7. The SMILES string of the molecule is CCCCCCCCCCCCCCCCCCc1cccc(S(=O)(=O)Oc2cccc(O)c2)c1CCCCCCCCCCCCCCCCCC. The largest absolute Gasteiger partial charge is 0.508 e. The van der Waals surface area contributed by atoms with Crippen molar-refractivity contribution in [3.63, 3.8) is 0 Å². The molecule has 1 N–H and O–H groups in total. The summed E-state index contributed by atoms with van der Waals surface area (Å²) in [4.78, 5) is 0.288. The zero-order valence-corrected chi connectivity index (χ0v) is 35.5. The fraction of sp³-hybridized carbons (Fsp3) is 0.750. The quantitative estimate of drug-likeness (QED) is 0.0551. The van der Waals surface area contributed by atoms with Gasteiger partial charge in [-0.1, -0.05) is 225 Å². The smallest absolute Gasteiger partial charge is 0.339 e. The fourth-order valence-corrected chi connectivity index (χ4v) is 9.01. The molecule has 2 aromatic carbocycles. The molecular formula is C48H82O4S. The molecule has 0 unspecified atom stereocenters. The predicted octanol–water partition coefficient (Wildman–Crippen LogP) is 15.8. The van der Waals surface area contributed by atoms with Gasteiger partial charge in [-0.15, -0.1) is 0 Å². The van der Waals surface area contributed by atoms with Gasteiger partial charge in [0.1, 0.15) is 16.4 Å². The van der Waals surface area contributed by atoms with Crippen molar-refractivity contribution in [3.05, 3.63) is 53.6 Å². The Hall–Kier alpha value is -2.01. The van der Waals surface area contributed by atoms with E-state index in [0.29, 0.717) is 0 Å². The molecule has 2 aromatic rings. The molecule has 0 spiro atoms. The van der Waals surface area contributed by atoms with E-state index >= 15 is 0 Å². The van der Waals surface area contributed by atoms with Crippen molar-refractivity contribution in [2.24, 2.45) is 0 Å². The summed E-state index contributed by atoms with van der Waals surface area (Å²) >= 11 is 0. The van der Waals surface area contributed by atoms with Gasteiger partial charge in [-0.05, 0) is 55.0 Å². The third-order valence-corrected chi connectivity index (χ3v) is 12.4. The van der Waals surface area contributed by atoms with Crippen LogP contribution in [0.2, 0.25) is 0 Å². The van der Waals surface area contributed by atoms with E-state index in [1.165, 1.54) is 198 Å². The number of phenolic OH excluding ortho intramolecular Hbond substituents is 1. The average Bonchev–Trinajstić information content (AvgIpc) is 3.14. The van der Waals surface area contributed by atoms with Crippen LogP contribution in [0.25, 0.3) is 0 Å². The number of phenols is 1. The molecule has 0 atom stereocenters. The Morgan fingerprint density at radius 2 is 0.811 bits per heavy atom. The van der Waals surface area contributed by atoms with Gasteiger partial charge in [0.2, 0.25) is 0 Å². The molecule has 0 saturated carbocycles. The summed E-state index contributed by atoms with van der Waals surface area (Å²) in [5.41, 5.74) is 2.08.